The topological polar surface area (TPSA) is 96.7 Å². The molecule has 1 amide bonds. The van der Waals surface area contributed by atoms with Gasteiger partial charge in [-0.1, -0.05) is 68.4 Å². The number of carbonyl (C=O) groups is 2. The van der Waals surface area contributed by atoms with Crippen molar-refractivity contribution in [3.05, 3.63) is 89.1 Å². The Balaban J connectivity index is 1.28. The van der Waals surface area contributed by atoms with Crippen molar-refractivity contribution in [3.63, 3.8) is 0 Å². The maximum Gasteiger partial charge on any atom is 0.323 e. The van der Waals surface area contributed by atoms with Crippen molar-refractivity contribution in [2.75, 3.05) is 20.2 Å². The first-order chi connectivity index (χ1) is 17.3. The lowest BCUT2D eigenvalue weighted by molar-refractivity contribution is -0.143. The Kier molecular flexibility index (Phi) is 8.18. The minimum atomic E-state index is -0.645. The summed E-state index contributed by atoms with van der Waals surface area (Å²) in [5.74, 6) is -0.416. The standard InChI is InChI=1S/C28H34N4O4/c1-28(2,19-32-15-21-11-7-8-12-22(21)16-32)18-30-26(33)24-17-36-25(31-24)13-23(27(34)35-3)29-14-20-9-5-4-6-10-20/h4-12,17,23,29H,13-16,18-19H2,1-3H3,(H,30,33). The number of nitrogens with zero attached hydrogens (tertiary/aromatic N) is 2. The molecule has 0 radical (unpaired) electrons. The number of benzene rings is 2. The predicted molar refractivity (Wildman–Crippen MR) is 136 cm³/mol. The van der Waals surface area contributed by atoms with E-state index in [0.29, 0.717) is 19.0 Å². The van der Waals surface area contributed by atoms with Crippen LogP contribution in [-0.4, -0.2) is 48.0 Å². The van der Waals surface area contributed by atoms with Crippen molar-refractivity contribution in [3.8, 4) is 0 Å². The molecule has 2 heterocycles. The van der Waals surface area contributed by atoms with E-state index in [1.165, 1.54) is 24.5 Å². The maximum atomic E-state index is 12.8. The smallest absolute Gasteiger partial charge is 0.323 e. The van der Waals surface area contributed by atoms with Crippen molar-refractivity contribution in [2.45, 2.75) is 45.9 Å². The normalized spacial score (nSPS) is 14.3. The Morgan fingerprint density at radius 1 is 1.08 bits per heavy atom. The molecular formula is C28H34N4O4. The van der Waals surface area contributed by atoms with Gasteiger partial charge in [-0.3, -0.25) is 19.8 Å². The van der Waals surface area contributed by atoms with Crippen LogP contribution in [0.3, 0.4) is 0 Å². The van der Waals surface area contributed by atoms with Gasteiger partial charge in [-0.15, -0.1) is 0 Å². The van der Waals surface area contributed by atoms with Crippen LogP contribution >= 0.6 is 0 Å². The fourth-order valence-corrected chi connectivity index (χ4v) is 4.49. The van der Waals surface area contributed by atoms with Crippen molar-refractivity contribution in [2.24, 2.45) is 5.41 Å². The summed E-state index contributed by atoms with van der Waals surface area (Å²) in [6.07, 6.45) is 1.51. The summed E-state index contributed by atoms with van der Waals surface area (Å²) in [6.45, 7) is 8.00. The fraction of sp³-hybridized carbons (Fsp3) is 0.393. The van der Waals surface area contributed by atoms with Crippen molar-refractivity contribution in [1.29, 1.82) is 0 Å². The molecule has 1 aromatic heterocycles. The second-order valence-electron chi connectivity index (χ2n) is 10.0. The molecule has 190 valence electrons. The number of oxazole rings is 1. The highest BCUT2D eigenvalue weighted by Crippen LogP contribution is 2.26. The van der Waals surface area contributed by atoms with E-state index < -0.39 is 12.0 Å². The summed E-state index contributed by atoms with van der Waals surface area (Å²) in [5.41, 5.74) is 3.86. The van der Waals surface area contributed by atoms with Crippen LogP contribution in [0.5, 0.6) is 0 Å². The molecule has 0 fully saturated rings. The molecule has 36 heavy (non-hydrogen) atoms. The number of carbonyl (C=O) groups excluding carboxylic acids is 2. The van der Waals surface area contributed by atoms with Crippen LogP contribution in [-0.2, 0) is 35.6 Å². The van der Waals surface area contributed by atoms with E-state index in [2.05, 4.69) is 58.6 Å². The van der Waals surface area contributed by atoms with E-state index in [1.807, 2.05) is 30.3 Å². The molecule has 3 aromatic rings. The summed E-state index contributed by atoms with van der Waals surface area (Å²) in [7, 11) is 1.34. The van der Waals surface area contributed by atoms with Gasteiger partial charge in [0.15, 0.2) is 11.6 Å². The third-order valence-corrected chi connectivity index (χ3v) is 6.33. The SMILES string of the molecule is COC(=O)C(Cc1nc(C(=O)NCC(C)(C)CN2Cc3ccccc3C2)co1)NCc1ccccc1. The van der Waals surface area contributed by atoms with Gasteiger partial charge >= 0.3 is 5.97 Å². The van der Waals surface area contributed by atoms with Gasteiger partial charge in [0.05, 0.1) is 13.5 Å². The van der Waals surface area contributed by atoms with Gasteiger partial charge in [-0.25, -0.2) is 4.98 Å². The van der Waals surface area contributed by atoms with Gasteiger partial charge in [0.2, 0.25) is 0 Å². The van der Waals surface area contributed by atoms with Gasteiger partial charge < -0.3 is 14.5 Å². The molecular weight excluding hydrogens is 456 g/mol. The second-order valence-corrected chi connectivity index (χ2v) is 10.0. The Hall–Kier alpha value is -3.49. The summed E-state index contributed by atoms with van der Waals surface area (Å²) in [4.78, 5) is 31.7. The molecule has 0 aliphatic carbocycles. The van der Waals surface area contributed by atoms with Crippen LogP contribution in [0.25, 0.3) is 0 Å². The number of methoxy groups -OCH3 is 1. The lowest BCUT2D eigenvalue weighted by atomic mass is 9.92. The highest BCUT2D eigenvalue weighted by Gasteiger charge is 2.28. The number of hydrogen-bond donors (Lipinski definition) is 2. The zero-order valence-electron chi connectivity index (χ0n) is 21.1. The maximum absolute atomic E-state index is 12.8. The average Bonchev–Trinajstić information content (AvgIpc) is 3.51. The van der Waals surface area contributed by atoms with Crippen LogP contribution < -0.4 is 10.6 Å². The molecule has 0 bridgehead atoms. The van der Waals surface area contributed by atoms with Crippen LogP contribution in [0, 0.1) is 5.41 Å². The Morgan fingerprint density at radius 2 is 1.75 bits per heavy atom. The minimum absolute atomic E-state index is 0.123. The number of esters is 1. The molecule has 4 rings (SSSR count). The highest BCUT2D eigenvalue weighted by molar-refractivity contribution is 5.91. The van der Waals surface area contributed by atoms with Gasteiger partial charge in [-0.05, 0) is 22.1 Å². The summed E-state index contributed by atoms with van der Waals surface area (Å²) in [6, 6.07) is 17.6. The fourth-order valence-electron chi connectivity index (χ4n) is 4.49. The molecule has 1 atom stereocenters. The number of nitrogens with one attached hydrogen (secondary N) is 2. The van der Waals surface area contributed by atoms with E-state index in [-0.39, 0.29) is 23.4 Å². The third-order valence-electron chi connectivity index (χ3n) is 6.33. The molecule has 0 spiro atoms. The van der Waals surface area contributed by atoms with E-state index in [4.69, 9.17) is 9.15 Å². The van der Waals surface area contributed by atoms with Crippen LogP contribution in [0.15, 0.2) is 65.3 Å². The highest BCUT2D eigenvalue weighted by atomic mass is 16.5. The summed E-state index contributed by atoms with van der Waals surface area (Å²) in [5, 5.41) is 6.17. The second kappa shape index (κ2) is 11.5. The van der Waals surface area contributed by atoms with Gasteiger partial charge in [0.25, 0.3) is 5.91 Å². The Bertz CT molecular complexity index is 1150. The lowest BCUT2D eigenvalue weighted by Crippen LogP contribution is -2.40. The molecule has 1 aliphatic rings. The average molecular weight is 491 g/mol. The third kappa shape index (κ3) is 6.80. The van der Waals surface area contributed by atoms with E-state index >= 15 is 0 Å². The van der Waals surface area contributed by atoms with Gasteiger partial charge in [0.1, 0.15) is 12.3 Å². The largest absolute Gasteiger partial charge is 0.468 e. The predicted octanol–water partition coefficient (Wildman–Crippen LogP) is 3.32. The number of ether oxygens (including phenoxy) is 1. The lowest BCUT2D eigenvalue weighted by Gasteiger charge is -2.30. The minimum Gasteiger partial charge on any atom is -0.468 e. The number of amides is 1. The number of fused-ring (bicyclic) bond motifs is 1. The first kappa shape index (κ1) is 25.6. The number of rotatable bonds is 11. The summed E-state index contributed by atoms with van der Waals surface area (Å²) >= 11 is 0. The van der Waals surface area contributed by atoms with Crippen molar-refractivity contribution in [1.82, 2.24) is 20.5 Å². The molecule has 8 heteroatoms. The Labute approximate surface area is 212 Å². The molecule has 2 aromatic carbocycles. The molecule has 1 unspecified atom stereocenters. The number of hydrogen-bond acceptors (Lipinski definition) is 7. The molecule has 1 aliphatic heterocycles. The van der Waals surface area contributed by atoms with E-state index in [0.717, 1.165) is 25.2 Å². The van der Waals surface area contributed by atoms with Crippen molar-refractivity contribution < 1.29 is 18.7 Å². The van der Waals surface area contributed by atoms with Gasteiger partial charge in [-0.2, -0.15) is 0 Å². The number of aromatic nitrogens is 1. The van der Waals surface area contributed by atoms with E-state index in [1.54, 1.807) is 0 Å². The molecule has 8 nitrogen and oxygen atoms in total. The van der Waals surface area contributed by atoms with Crippen LogP contribution in [0.1, 0.15) is 46.9 Å². The summed E-state index contributed by atoms with van der Waals surface area (Å²) < 4.78 is 10.4. The zero-order chi connectivity index (χ0) is 25.5. The molecule has 0 saturated heterocycles. The van der Waals surface area contributed by atoms with Crippen molar-refractivity contribution >= 4 is 11.9 Å². The first-order valence-corrected chi connectivity index (χ1v) is 12.2. The quantitative estimate of drug-likeness (QED) is 0.398. The van der Waals surface area contributed by atoms with E-state index in [9.17, 15) is 9.59 Å². The van der Waals surface area contributed by atoms with Gasteiger partial charge in [0, 0.05) is 32.7 Å². The monoisotopic (exact) mass is 490 g/mol. The Morgan fingerprint density at radius 3 is 2.42 bits per heavy atom. The first-order valence-electron chi connectivity index (χ1n) is 12.2. The van der Waals surface area contributed by atoms with Crippen LogP contribution in [0.2, 0.25) is 0 Å². The molecule has 0 saturated carbocycles. The zero-order valence-corrected chi connectivity index (χ0v) is 21.1. The van der Waals surface area contributed by atoms with Crippen LogP contribution in [0.4, 0.5) is 0 Å². The molecule has 2 N–H and O–H groups in total.